The van der Waals surface area contributed by atoms with Crippen molar-refractivity contribution in [3.8, 4) is 5.75 Å². The predicted molar refractivity (Wildman–Crippen MR) is 111 cm³/mol. The summed E-state index contributed by atoms with van der Waals surface area (Å²) in [6.07, 6.45) is 0.272. The molecule has 0 aliphatic rings. The van der Waals surface area contributed by atoms with Crippen molar-refractivity contribution in [2.24, 2.45) is 5.92 Å². The number of hydrogen-bond acceptors (Lipinski definition) is 4. The van der Waals surface area contributed by atoms with Gasteiger partial charge in [0.25, 0.3) is 0 Å². The number of carboxylic acid groups (broad SMARTS) is 1. The average molecular weight is 418 g/mol. The van der Waals surface area contributed by atoms with Gasteiger partial charge >= 0.3 is 5.97 Å². The predicted octanol–water partition coefficient (Wildman–Crippen LogP) is 4.00. The summed E-state index contributed by atoms with van der Waals surface area (Å²) in [4.78, 5) is 36.0. The molecule has 2 rings (SSSR count). The van der Waals surface area contributed by atoms with Crippen LogP contribution < -0.4 is 10.1 Å². The number of carbonyl (C=O) groups is 3. The van der Waals surface area contributed by atoms with Gasteiger partial charge in [0.2, 0.25) is 5.91 Å². The van der Waals surface area contributed by atoms with Gasteiger partial charge in [-0.3, -0.25) is 9.59 Å². The number of hydrogen-bond donors (Lipinski definition) is 2. The van der Waals surface area contributed by atoms with Gasteiger partial charge in [-0.25, -0.2) is 4.79 Å². The van der Waals surface area contributed by atoms with Crippen LogP contribution in [0.3, 0.4) is 0 Å². The zero-order chi connectivity index (χ0) is 21.6. The molecule has 0 aliphatic heterocycles. The van der Waals surface area contributed by atoms with Gasteiger partial charge in [0, 0.05) is 24.9 Å². The first-order valence-corrected chi connectivity index (χ1v) is 9.62. The second-order valence-corrected chi connectivity index (χ2v) is 7.36. The number of carboxylic acids is 1. The number of rotatable bonds is 9. The van der Waals surface area contributed by atoms with Crippen molar-refractivity contribution in [3.05, 3.63) is 64.2 Å². The molecule has 0 aliphatic carbocycles. The van der Waals surface area contributed by atoms with E-state index in [0.717, 1.165) is 5.56 Å². The molecule has 7 heteroatoms. The highest BCUT2D eigenvalue weighted by Crippen LogP contribution is 2.27. The molecule has 0 radical (unpaired) electrons. The smallest absolute Gasteiger partial charge is 0.335 e. The maximum atomic E-state index is 12.7. The van der Waals surface area contributed by atoms with Gasteiger partial charge in [0.05, 0.1) is 16.7 Å². The van der Waals surface area contributed by atoms with E-state index in [-0.39, 0.29) is 29.8 Å². The number of carbonyl (C=O) groups excluding carboxylic acids is 2. The number of ketones is 1. The van der Waals surface area contributed by atoms with Crippen LogP contribution >= 0.6 is 11.6 Å². The minimum Gasteiger partial charge on any atom is -0.489 e. The lowest BCUT2D eigenvalue weighted by atomic mass is 9.91. The van der Waals surface area contributed by atoms with Gasteiger partial charge in [-0.2, -0.15) is 0 Å². The summed E-state index contributed by atoms with van der Waals surface area (Å²) < 4.78 is 5.57. The molecule has 0 saturated carbocycles. The molecule has 0 saturated heterocycles. The number of aromatic carboxylic acids is 1. The van der Waals surface area contributed by atoms with Gasteiger partial charge in [-0.1, -0.05) is 23.7 Å². The van der Waals surface area contributed by atoms with E-state index in [1.165, 1.54) is 19.2 Å². The van der Waals surface area contributed by atoms with Gasteiger partial charge < -0.3 is 15.2 Å². The molecule has 2 aromatic rings. The number of nitrogens with one attached hydrogen (secondary N) is 1. The van der Waals surface area contributed by atoms with Gasteiger partial charge in [0.1, 0.15) is 5.75 Å². The van der Waals surface area contributed by atoms with Crippen molar-refractivity contribution < 1.29 is 24.2 Å². The van der Waals surface area contributed by atoms with E-state index >= 15 is 0 Å². The first-order valence-electron chi connectivity index (χ1n) is 9.24. The van der Waals surface area contributed by atoms with Crippen LogP contribution in [0, 0.1) is 5.92 Å². The van der Waals surface area contributed by atoms with Crippen LogP contribution in [0.1, 0.15) is 46.5 Å². The largest absolute Gasteiger partial charge is 0.489 e. The fourth-order valence-electron chi connectivity index (χ4n) is 2.90. The SMILES string of the molecule is CNC(=O)[C@@H](CC(=O)c1ccc(OC(C)C)c(Cl)c1)Cc1ccc(C(=O)O)cc1. The fraction of sp³-hybridized carbons (Fsp3) is 0.318. The third-order valence-corrected chi connectivity index (χ3v) is 4.64. The Morgan fingerprint density at radius 1 is 1.07 bits per heavy atom. The zero-order valence-electron chi connectivity index (χ0n) is 16.6. The summed E-state index contributed by atoms with van der Waals surface area (Å²) in [5, 5.41) is 11.9. The second-order valence-electron chi connectivity index (χ2n) is 6.96. The fourth-order valence-corrected chi connectivity index (χ4v) is 3.12. The van der Waals surface area contributed by atoms with E-state index in [1.54, 1.807) is 30.3 Å². The number of halogens is 1. The number of Topliss-reactive ketones (excluding diaryl/α,β-unsaturated/α-hetero) is 1. The second kappa shape index (κ2) is 10.1. The molecule has 0 heterocycles. The minimum atomic E-state index is -1.02. The van der Waals surface area contributed by atoms with E-state index < -0.39 is 11.9 Å². The third-order valence-electron chi connectivity index (χ3n) is 4.35. The summed E-state index contributed by atoms with van der Waals surface area (Å²) in [7, 11) is 1.52. The first-order chi connectivity index (χ1) is 13.7. The maximum Gasteiger partial charge on any atom is 0.335 e. The summed E-state index contributed by atoms with van der Waals surface area (Å²) in [5.74, 6) is -1.57. The van der Waals surface area contributed by atoms with E-state index in [1.807, 2.05) is 13.8 Å². The average Bonchev–Trinajstić information content (AvgIpc) is 2.68. The molecule has 6 nitrogen and oxygen atoms in total. The molecular weight excluding hydrogens is 394 g/mol. The summed E-state index contributed by atoms with van der Waals surface area (Å²) in [5.41, 5.74) is 1.34. The molecule has 0 aromatic heterocycles. The van der Waals surface area contributed by atoms with Crippen LogP contribution in [-0.2, 0) is 11.2 Å². The molecule has 2 aromatic carbocycles. The van der Waals surface area contributed by atoms with E-state index in [0.29, 0.717) is 22.8 Å². The maximum absolute atomic E-state index is 12.7. The van der Waals surface area contributed by atoms with Crippen LogP contribution in [-0.4, -0.2) is 35.9 Å². The monoisotopic (exact) mass is 417 g/mol. The molecule has 29 heavy (non-hydrogen) atoms. The number of amides is 1. The Morgan fingerprint density at radius 3 is 2.21 bits per heavy atom. The molecule has 1 atom stereocenters. The molecule has 0 unspecified atom stereocenters. The quantitative estimate of drug-likeness (QED) is 0.601. The summed E-state index contributed by atoms with van der Waals surface area (Å²) >= 11 is 6.21. The normalized spacial score (nSPS) is 11.8. The number of ether oxygens (including phenoxy) is 1. The Labute approximate surface area is 174 Å². The van der Waals surface area contributed by atoms with Crippen LogP contribution in [0.25, 0.3) is 0 Å². The van der Waals surface area contributed by atoms with Crippen LogP contribution in [0.5, 0.6) is 5.75 Å². The summed E-state index contributed by atoms with van der Waals surface area (Å²) in [6.45, 7) is 3.76. The van der Waals surface area contributed by atoms with Crippen molar-refractivity contribution in [2.45, 2.75) is 32.8 Å². The molecule has 0 fully saturated rings. The first kappa shape index (κ1) is 22.4. The van der Waals surface area contributed by atoms with Crippen molar-refractivity contribution in [3.63, 3.8) is 0 Å². The van der Waals surface area contributed by atoms with Crippen LogP contribution in [0.15, 0.2) is 42.5 Å². The molecule has 2 N–H and O–H groups in total. The molecule has 0 bridgehead atoms. The molecule has 154 valence electrons. The van der Waals surface area contributed by atoms with E-state index in [9.17, 15) is 14.4 Å². The van der Waals surface area contributed by atoms with Gasteiger partial charge in [-0.15, -0.1) is 0 Å². The standard InChI is InChI=1S/C22H24ClNO5/c1-13(2)29-20-9-8-16(11-18(20)23)19(25)12-17(21(26)24-3)10-14-4-6-15(7-5-14)22(27)28/h4-9,11,13,17H,10,12H2,1-3H3,(H,24,26)(H,27,28)/t17-/m1/s1. The highest BCUT2D eigenvalue weighted by atomic mass is 35.5. The zero-order valence-corrected chi connectivity index (χ0v) is 17.3. The molecule has 1 amide bonds. The van der Waals surface area contributed by atoms with Gasteiger partial charge in [-0.05, 0) is 56.2 Å². The topological polar surface area (TPSA) is 92.7 Å². The summed E-state index contributed by atoms with van der Waals surface area (Å²) in [6, 6.07) is 11.1. The van der Waals surface area contributed by atoms with Crippen molar-refractivity contribution in [1.82, 2.24) is 5.32 Å². The number of benzene rings is 2. The lowest BCUT2D eigenvalue weighted by Crippen LogP contribution is -2.30. The Hall–Kier alpha value is -2.86. The Bertz CT molecular complexity index is 893. The Kier molecular flexibility index (Phi) is 7.79. The van der Waals surface area contributed by atoms with Crippen molar-refractivity contribution >= 4 is 29.3 Å². The highest BCUT2D eigenvalue weighted by molar-refractivity contribution is 6.32. The van der Waals surface area contributed by atoms with E-state index in [4.69, 9.17) is 21.4 Å². The van der Waals surface area contributed by atoms with Crippen molar-refractivity contribution in [2.75, 3.05) is 7.05 Å². The molecular formula is C22H24ClNO5. The van der Waals surface area contributed by atoms with Crippen LogP contribution in [0.4, 0.5) is 0 Å². The van der Waals surface area contributed by atoms with Gasteiger partial charge in [0.15, 0.2) is 5.78 Å². The van der Waals surface area contributed by atoms with Crippen LogP contribution in [0.2, 0.25) is 5.02 Å². The lowest BCUT2D eigenvalue weighted by molar-refractivity contribution is -0.124. The Morgan fingerprint density at radius 2 is 1.69 bits per heavy atom. The van der Waals surface area contributed by atoms with Crippen molar-refractivity contribution in [1.29, 1.82) is 0 Å². The highest BCUT2D eigenvalue weighted by Gasteiger charge is 2.23. The molecule has 0 spiro atoms. The minimum absolute atomic E-state index is 0.00106. The Balaban J connectivity index is 2.15. The lowest BCUT2D eigenvalue weighted by Gasteiger charge is -2.16. The van der Waals surface area contributed by atoms with E-state index in [2.05, 4.69) is 5.32 Å². The third kappa shape index (κ3) is 6.32.